The van der Waals surface area contributed by atoms with Crippen LogP contribution < -0.4 is 10.2 Å². The van der Waals surface area contributed by atoms with Crippen molar-refractivity contribution >= 4 is 35.4 Å². The van der Waals surface area contributed by atoms with Crippen molar-refractivity contribution in [2.45, 2.75) is 89.1 Å². The summed E-state index contributed by atoms with van der Waals surface area (Å²) >= 11 is 4.44. The van der Waals surface area contributed by atoms with E-state index in [9.17, 15) is 29.7 Å². The summed E-state index contributed by atoms with van der Waals surface area (Å²) in [6.45, 7) is 5.90. The lowest BCUT2D eigenvalue weighted by atomic mass is 9.87. The number of ketones is 1. The molecule has 0 aliphatic carbocycles. The van der Waals surface area contributed by atoms with Gasteiger partial charge in [-0.15, -0.1) is 12.6 Å². The molecule has 0 aliphatic heterocycles. The summed E-state index contributed by atoms with van der Waals surface area (Å²) in [4.78, 5) is 36.7. The topological polar surface area (TPSA) is 134 Å². The molecule has 0 amide bonds. The second kappa shape index (κ2) is 15.6. The average molecular weight is 597 g/mol. The Kier molecular flexibility index (Phi) is 12.2. The van der Waals surface area contributed by atoms with Gasteiger partial charge >= 0.3 is 5.97 Å². The summed E-state index contributed by atoms with van der Waals surface area (Å²) in [5.74, 6) is -1.93. The number of carbonyl (C=O) groups is 2. The zero-order valence-corrected chi connectivity index (χ0v) is 25.3. The van der Waals surface area contributed by atoms with Gasteiger partial charge in [0.2, 0.25) is 5.76 Å². The Balaban J connectivity index is 1.74. The van der Waals surface area contributed by atoms with E-state index in [2.05, 4.69) is 12.6 Å². The van der Waals surface area contributed by atoms with Crippen LogP contribution in [0.4, 0.5) is 0 Å². The van der Waals surface area contributed by atoms with Crippen LogP contribution in [0.3, 0.4) is 0 Å². The number of benzene rings is 2. The number of aromatic hydroxyl groups is 1. The lowest BCUT2D eigenvalue weighted by Gasteiger charge is -2.22. The minimum absolute atomic E-state index is 0.0107. The summed E-state index contributed by atoms with van der Waals surface area (Å²) < 4.78 is 11.4. The molecule has 1 heterocycles. The number of unbranched alkanes of at least 4 members (excludes halogenated alkanes) is 3. The van der Waals surface area contributed by atoms with E-state index in [1.807, 2.05) is 26.0 Å². The molecule has 226 valence electrons. The number of hydrogen-bond donors (Lipinski definition) is 4. The Morgan fingerprint density at radius 1 is 1.10 bits per heavy atom. The number of carboxylic acid groups (broad SMARTS) is 1. The third-order valence-corrected chi connectivity index (χ3v) is 7.43. The van der Waals surface area contributed by atoms with E-state index in [0.717, 1.165) is 38.2 Å². The molecule has 3 N–H and O–H groups in total. The molecule has 0 aliphatic rings. The fourth-order valence-electron chi connectivity index (χ4n) is 5.02. The van der Waals surface area contributed by atoms with Crippen LogP contribution in [-0.4, -0.2) is 39.8 Å². The molecule has 0 fully saturated rings. The number of carbonyl (C=O) groups excluding carboxylic acids is 1. The number of carboxylic acids is 1. The highest BCUT2D eigenvalue weighted by Gasteiger charge is 2.24. The van der Waals surface area contributed by atoms with Crippen LogP contribution in [0.2, 0.25) is 0 Å². The van der Waals surface area contributed by atoms with Gasteiger partial charge in [-0.2, -0.15) is 0 Å². The van der Waals surface area contributed by atoms with Gasteiger partial charge in [-0.1, -0.05) is 45.3 Å². The van der Waals surface area contributed by atoms with Gasteiger partial charge in [-0.25, -0.2) is 4.79 Å². The van der Waals surface area contributed by atoms with Crippen LogP contribution in [0.15, 0.2) is 56.6 Å². The molecule has 0 bridgehead atoms. The quantitative estimate of drug-likeness (QED) is 0.0596. The molecule has 8 nitrogen and oxygen atoms in total. The maximum absolute atomic E-state index is 13.0. The van der Waals surface area contributed by atoms with Crippen molar-refractivity contribution in [3.8, 4) is 11.5 Å². The third kappa shape index (κ3) is 8.26. The highest BCUT2D eigenvalue weighted by molar-refractivity contribution is 7.80. The van der Waals surface area contributed by atoms with E-state index < -0.39 is 29.2 Å². The molecular formula is C33H40O8S. The molecule has 0 radical (unpaired) electrons. The number of allylic oxidation sites excluding steroid dienone is 1. The van der Waals surface area contributed by atoms with E-state index in [4.69, 9.17) is 9.15 Å². The van der Waals surface area contributed by atoms with E-state index in [1.165, 1.54) is 13.0 Å². The van der Waals surface area contributed by atoms with Crippen molar-refractivity contribution in [3.05, 3.63) is 75.2 Å². The molecule has 0 saturated heterocycles. The first-order valence-electron chi connectivity index (χ1n) is 14.5. The Bertz CT molecular complexity index is 1490. The normalized spacial score (nSPS) is 13.0. The number of phenolic OH excluding ortho intramolecular Hbond substituents is 1. The van der Waals surface area contributed by atoms with Crippen molar-refractivity contribution in [1.82, 2.24) is 0 Å². The van der Waals surface area contributed by atoms with Crippen LogP contribution >= 0.6 is 12.6 Å². The summed E-state index contributed by atoms with van der Waals surface area (Å²) in [6, 6.07) is 7.52. The number of ether oxygens (including phenoxy) is 1. The predicted octanol–water partition coefficient (Wildman–Crippen LogP) is 7.08. The summed E-state index contributed by atoms with van der Waals surface area (Å²) in [5.41, 5.74) is 1.12. The van der Waals surface area contributed by atoms with Gasteiger partial charge in [-0.05, 0) is 68.9 Å². The molecule has 3 aromatic rings. The van der Waals surface area contributed by atoms with E-state index in [-0.39, 0.29) is 22.5 Å². The monoisotopic (exact) mass is 596 g/mol. The molecule has 2 aromatic carbocycles. The number of phenols is 1. The number of rotatable bonds is 16. The SMILES string of the molecule is CCCC[C@@H](O)[C@@H](C=CCCCCOc1ccc(C(C)=O)c(O)c1CCC)c1cc(S)cc2oc(C(=O)O)cc(=O)c12. The van der Waals surface area contributed by atoms with Crippen molar-refractivity contribution in [2.24, 2.45) is 0 Å². The fourth-order valence-corrected chi connectivity index (χ4v) is 5.28. The largest absolute Gasteiger partial charge is 0.507 e. The van der Waals surface area contributed by atoms with E-state index in [1.54, 1.807) is 18.2 Å². The molecule has 42 heavy (non-hydrogen) atoms. The average Bonchev–Trinajstić information content (AvgIpc) is 2.93. The van der Waals surface area contributed by atoms with Crippen molar-refractivity contribution in [2.75, 3.05) is 6.61 Å². The number of Topliss-reactive ketones (excluding diaryl/α,β-unsaturated/α-hetero) is 1. The van der Waals surface area contributed by atoms with E-state index in [0.29, 0.717) is 53.2 Å². The number of aliphatic hydroxyl groups excluding tert-OH is 1. The van der Waals surface area contributed by atoms with Crippen molar-refractivity contribution in [1.29, 1.82) is 0 Å². The summed E-state index contributed by atoms with van der Waals surface area (Å²) in [5, 5.41) is 31.2. The number of hydrogen-bond acceptors (Lipinski definition) is 8. The highest BCUT2D eigenvalue weighted by Crippen LogP contribution is 2.34. The molecule has 0 spiro atoms. The second-order valence-electron chi connectivity index (χ2n) is 10.4. The Morgan fingerprint density at radius 2 is 1.86 bits per heavy atom. The summed E-state index contributed by atoms with van der Waals surface area (Å²) in [7, 11) is 0. The van der Waals surface area contributed by atoms with Crippen molar-refractivity contribution < 1.29 is 34.1 Å². The number of thiol groups is 1. The molecule has 1 aromatic heterocycles. The van der Waals surface area contributed by atoms with Crippen LogP contribution in [0, 0.1) is 0 Å². The smallest absolute Gasteiger partial charge is 0.371 e. The molecule has 0 unspecified atom stereocenters. The molecule has 0 saturated carbocycles. The maximum atomic E-state index is 13.0. The minimum Gasteiger partial charge on any atom is -0.507 e. The van der Waals surface area contributed by atoms with Gasteiger partial charge in [0.25, 0.3) is 0 Å². The van der Waals surface area contributed by atoms with Gasteiger partial charge in [0, 0.05) is 22.4 Å². The van der Waals surface area contributed by atoms with Crippen LogP contribution in [0.25, 0.3) is 11.0 Å². The lowest BCUT2D eigenvalue weighted by molar-refractivity contribution is 0.0662. The van der Waals surface area contributed by atoms with Gasteiger partial charge in [0.05, 0.1) is 23.7 Å². The standard InChI is InChI=1S/C33H40O8S/c1-4-6-13-26(35)23(25-17-21(42)18-29-31(25)27(36)19-30(41-29)33(38)39)12-9-7-8-10-16-40-28-15-14-22(20(3)34)32(37)24(28)11-5-2/h9,12,14-15,17-19,23,26,35,37,42H,4-8,10-11,13,16H2,1-3H3,(H,38,39)/t23-,26+/m0/s1. The van der Waals surface area contributed by atoms with Crippen LogP contribution in [0.5, 0.6) is 11.5 Å². The summed E-state index contributed by atoms with van der Waals surface area (Å²) in [6.07, 6.45) is 8.99. The van der Waals surface area contributed by atoms with Crippen LogP contribution in [0.1, 0.15) is 104 Å². The zero-order chi connectivity index (χ0) is 30.8. The maximum Gasteiger partial charge on any atom is 0.371 e. The number of fused-ring (bicyclic) bond motifs is 1. The highest BCUT2D eigenvalue weighted by atomic mass is 32.1. The Labute approximate surface area is 251 Å². The first kappa shape index (κ1) is 32.9. The first-order valence-corrected chi connectivity index (χ1v) is 14.9. The van der Waals surface area contributed by atoms with E-state index >= 15 is 0 Å². The lowest BCUT2D eigenvalue weighted by Crippen LogP contribution is -2.19. The van der Waals surface area contributed by atoms with Gasteiger partial charge in [0.15, 0.2) is 11.2 Å². The number of aliphatic hydroxyl groups is 1. The van der Waals surface area contributed by atoms with Gasteiger partial charge in [0.1, 0.15) is 17.1 Å². The number of aromatic carboxylic acids is 1. The van der Waals surface area contributed by atoms with Gasteiger partial charge in [-0.3, -0.25) is 9.59 Å². The van der Waals surface area contributed by atoms with Gasteiger partial charge < -0.3 is 24.5 Å². The van der Waals surface area contributed by atoms with Crippen LogP contribution in [-0.2, 0) is 6.42 Å². The molecular weight excluding hydrogens is 556 g/mol. The predicted molar refractivity (Wildman–Crippen MR) is 166 cm³/mol. The minimum atomic E-state index is -1.34. The van der Waals surface area contributed by atoms with Crippen molar-refractivity contribution in [3.63, 3.8) is 0 Å². The second-order valence-corrected chi connectivity index (χ2v) is 11.0. The fraction of sp³-hybridized carbons (Fsp3) is 0.424. The third-order valence-electron chi connectivity index (χ3n) is 7.17. The molecule has 2 atom stereocenters. The molecule has 9 heteroatoms. The Hall–Kier alpha value is -3.56. The Morgan fingerprint density at radius 3 is 2.52 bits per heavy atom. The first-order chi connectivity index (χ1) is 20.1. The zero-order valence-electron chi connectivity index (χ0n) is 24.4. The molecule has 3 rings (SSSR count).